The van der Waals surface area contributed by atoms with Crippen LogP contribution in [0.25, 0.3) is 10.8 Å². The second-order valence-electron chi connectivity index (χ2n) is 4.91. The van der Waals surface area contributed by atoms with Crippen molar-refractivity contribution >= 4 is 26.0 Å². The zero-order valence-corrected chi connectivity index (χ0v) is 14.0. The predicted octanol–water partition coefficient (Wildman–Crippen LogP) is 3.46. The molecule has 140 valence electrons. The van der Waals surface area contributed by atoms with Crippen LogP contribution in [0.4, 0.5) is 17.6 Å². The summed E-state index contributed by atoms with van der Waals surface area (Å²) in [6, 6.07) is 4.82. The Morgan fingerprint density at radius 3 is 1.80 bits per heavy atom. The van der Waals surface area contributed by atoms with Crippen molar-refractivity contribution in [2.75, 3.05) is 0 Å². The third-order valence-corrected chi connectivity index (χ3v) is 5.25. The Morgan fingerprint density at radius 1 is 0.800 bits per heavy atom. The molecule has 0 heterocycles. The minimum atomic E-state index is -5.96. The first-order valence-electron chi connectivity index (χ1n) is 6.10. The molecule has 0 aliphatic heterocycles. The summed E-state index contributed by atoms with van der Waals surface area (Å²) < 4.78 is 77.3. The van der Waals surface area contributed by atoms with E-state index in [1.54, 1.807) is 0 Å². The highest BCUT2D eigenvalue weighted by molar-refractivity contribution is 7.53. The Balaban J connectivity index is 0.00000312. The van der Waals surface area contributed by atoms with Gasteiger partial charge in [0.05, 0.1) is 0 Å². The van der Waals surface area contributed by atoms with E-state index in [9.17, 15) is 26.7 Å². The van der Waals surface area contributed by atoms with Gasteiger partial charge in [0.2, 0.25) is 0 Å². The Morgan fingerprint density at radius 2 is 1.32 bits per heavy atom. The minimum Gasteiger partial charge on any atom is -0.344 e. The van der Waals surface area contributed by atoms with Crippen molar-refractivity contribution in [1.82, 2.24) is 6.15 Å². The lowest BCUT2D eigenvalue weighted by molar-refractivity contribution is 0.0556. The molecule has 7 N–H and O–H groups in total. The summed E-state index contributed by atoms with van der Waals surface area (Å²) in [6.45, 7) is 0. The number of benzene rings is 2. The van der Waals surface area contributed by atoms with Gasteiger partial charge in [0.15, 0.2) is 0 Å². The van der Waals surface area contributed by atoms with Gasteiger partial charge in [-0.05, 0) is 16.8 Å². The van der Waals surface area contributed by atoms with Crippen molar-refractivity contribution < 1.29 is 46.3 Å². The predicted molar refractivity (Wildman–Crippen MR) is 80.8 cm³/mol. The second kappa shape index (κ2) is 6.44. The van der Waals surface area contributed by atoms with Crippen molar-refractivity contribution in [1.29, 1.82) is 0 Å². The summed E-state index contributed by atoms with van der Waals surface area (Å²) in [5.41, 5.74) is -11.8. The molecule has 0 aromatic heterocycles. The van der Waals surface area contributed by atoms with E-state index < -0.39 is 43.0 Å². The molecule has 0 bridgehead atoms. The van der Waals surface area contributed by atoms with Gasteiger partial charge >= 0.3 is 26.5 Å². The van der Waals surface area contributed by atoms with Gasteiger partial charge in [-0.15, -0.1) is 0 Å². The molecule has 0 aliphatic carbocycles. The zero-order chi connectivity index (χ0) is 18.6. The van der Waals surface area contributed by atoms with Crippen LogP contribution < -0.4 is 6.15 Å². The molecule has 2 aromatic rings. The summed E-state index contributed by atoms with van der Waals surface area (Å²) in [5, 5.41) is -0.720. The number of alkyl halides is 4. The number of halogens is 4. The van der Waals surface area contributed by atoms with E-state index in [4.69, 9.17) is 19.6 Å². The van der Waals surface area contributed by atoms with Gasteiger partial charge in [-0.2, -0.15) is 17.6 Å². The van der Waals surface area contributed by atoms with Crippen LogP contribution in [-0.2, 0) is 20.5 Å². The topological polar surface area (TPSA) is 150 Å². The Kier molecular flexibility index (Phi) is 5.60. The lowest BCUT2D eigenvalue weighted by Crippen LogP contribution is -2.16. The summed E-state index contributed by atoms with van der Waals surface area (Å²) in [5.74, 6) is 0. The normalized spacial score (nSPS) is 13.6. The summed E-state index contributed by atoms with van der Waals surface area (Å²) in [4.78, 5) is 35.0. The SMILES string of the molecule is N.O=P(O)(O)C(F)(F)c1ccc2cccc(C(F)(F)P(=O)(O)O)c2c1. The van der Waals surface area contributed by atoms with Gasteiger partial charge in [0.25, 0.3) is 0 Å². The van der Waals surface area contributed by atoms with Crippen LogP contribution in [0.2, 0.25) is 0 Å². The third-order valence-electron chi connectivity index (χ3n) is 3.29. The van der Waals surface area contributed by atoms with E-state index >= 15 is 0 Å². The fourth-order valence-electron chi connectivity index (χ4n) is 2.05. The maximum atomic E-state index is 14.0. The molecule has 0 saturated carbocycles. The lowest BCUT2D eigenvalue weighted by atomic mass is 10.0. The molecule has 25 heavy (non-hydrogen) atoms. The van der Waals surface area contributed by atoms with E-state index in [2.05, 4.69) is 0 Å². The quantitative estimate of drug-likeness (QED) is 0.386. The summed E-state index contributed by atoms with van der Waals surface area (Å²) in [7, 11) is -11.9. The van der Waals surface area contributed by atoms with Crippen molar-refractivity contribution in [2.45, 2.75) is 11.3 Å². The standard InChI is InChI=1S/C12H10F4O6P2.H3N/c13-11(14,23(17,18)19)8-5-4-7-2-1-3-10(9(7)6-8)12(15,16)24(20,21)22;/h1-6H,(H2,17,18,19)(H2,20,21,22);1H3. The number of fused-ring (bicyclic) bond motifs is 1. The highest BCUT2D eigenvalue weighted by Gasteiger charge is 2.52. The minimum absolute atomic E-state index is 0. The van der Waals surface area contributed by atoms with Crippen molar-refractivity contribution in [2.24, 2.45) is 0 Å². The molecule has 0 saturated heterocycles. The van der Waals surface area contributed by atoms with E-state index in [-0.39, 0.29) is 11.5 Å². The van der Waals surface area contributed by atoms with Crippen molar-refractivity contribution in [3.8, 4) is 0 Å². The fraction of sp³-hybridized carbons (Fsp3) is 0.167. The van der Waals surface area contributed by atoms with E-state index in [0.717, 1.165) is 12.1 Å². The van der Waals surface area contributed by atoms with Crippen LogP contribution in [0.1, 0.15) is 11.1 Å². The lowest BCUT2D eigenvalue weighted by Gasteiger charge is -2.22. The van der Waals surface area contributed by atoms with Crippen LogP contribution in [0.3, 0.4) is 0 Å². The molecule has 0 radical (unpaired) electrons. The molecule has 13 heteroatoms. The Bertz CT molecular complexity index is 894. The number of rotatable bonds is 4. The summed E-state index contributed by atoms with van der Waals surface area (Å²) >= 11 is 0. The van der Waals surface area contributed by atoms with Crippen LogP contribution in [-0.4, -0.2) is 19.6 Å². The van der Waals surface area contributed by atoms with Crippen LogP contribution >= 0.6 is 15.2 Å². The average Bonchev–Trinajstić information content (AvgIpc) is 2.43. The molecule has 0 spiro atoms. The van der Waals surface area contributed by atoms with Gasteiger partial charge < -0.3 is 25.7 Å². The van der Waals surface area contributed by atoms with Crippen LogP contribution in [0.15, 0.2) is 36.4 Å². The maximum absolute atomic E-state index is 14.0. The molecule has 2 aromatic carbocycles. The average molecular weight is 405 g/mol. The Labute approximate surface area is 138 Å². The van der Waals surface area contributed by atoms with E-state index in [1.165, 1.54) is 6.07 Å². The zero-order valence-electron chi connectivity index (χ0n) is 12.2. The molecule has 0 unspecified atom stereocenters. The fourth-order valence-corrected chi connectivity index (χ4v) is 3.03. The van der Waals surface area contributed by atoms with Gasteiger partial charge in [-0.25, -0.2) is 0 Å². The highest BCUT2D eigenvalue weighted by atomic mass is 31.2. The van der Waals surface area contributed by atoms with Crippen molar-refractivity contribution in [3.63, 3.8) is 0 Å². The smallest absolute Gasteiger partial charge is 0.344 e. The molecule has 0 aliphatic rings. The van der Waals surface area contributed by atoms with Gasteiger partial charge in [0, 0.05) is 11.1 Å². The van der Waals surface area contributed by atoms with Crippen LogP contribution in [0.5, 0.6) is 0 Å². The third kappa shape index (κ3) is 3.63. The van der Waals surface area contributed by atoms with Crippen molar-refractivity contribution in [3.05, 3.63) is 47.5 Å². The first-order valence-corrected chi connectivity index (χ1v) is 9.33. The molecular weight excluding hydrogens is 392 g/mol. The molecule has 7 nitrogen and oxygen atoms in total. The molecule has 0 atom stereocenters. The number of hydrogen-bond donors (Lipinski definition) is 5. The van der Waals surface area contributed by atoms with Gasteiger partial charge in [-0.1, -0.05) is 30.3 Å². The summed E-state index contributed by atoms with van der Waals surface area (Å²) in [6.07, 6.45) is 0. The maximum Gasteiger partial charge on any atom is 0.399 e. The largest absolute Gasteiger partial charge is 0.399 e. The van der Waals surface area contributed by atoms with Gasteiger partial charge in [-0.3, -0.25) is 9.13 Å². The van der Waals surface area contributed by atoms with Crippen LogP contribution in [0, 0.1) is 0 Å². The first-order chi connectivity index (χ1) is 10.7. The number of hydrogen-bond acceptors (Lipinski definition) is 3. The highest BCUT2D eigenvalue weighted by Crippen LogP contribution is 2.62. The molecule has 2 rings (SSSR count). The molecular formula is C12H13F4NO6P2. The Hall–Kier alpha value is -1.32. The van der Waals surface area contributed by atoms with E-state index in [1.807, 2.05) is 0 Å². The molecule has 0 fully saturated rings. The molecule has 0 amide bonds. The van der Waals surface area contributed by atoms with Gasteiger partial charge in [0.1, 0.15) is 0 Å². The monoisotopic (exact) mass is 405 g/mol. The first kappa shape index (κ1) is 21.7. The van der Waals surface area contributed by atoms with E-state index in [0.29, 0.717) is 18.2 Å². The second-order valence-corrected chi connectivity index (χ2v) is 8.21.